The van der Waals surface area contributed by atoms with Gasteiger partial charge in [0.05, 0.1) is 10.7 Å². The lowest BCUT2D eigenvalue weighted by molar-refractivity contribution is -0.116. The molecule has 0 heterocycles. The molecule has 0 radical (unpaired) electrons. The van der Waals surface area contributed by atoms with Crippen molar-refractivity contribution in [1.82, 2.24) is 5.32 Å². The molecule has 0 saturated carbocycles. The number of amides is 2. The van der Waals surface area contributed by atoms with Crippen LogP contribution in [-0.4, -0.2) is 24.9 Å². The summed E-state index contributed by atoms with van der Waals surface area (Å²) in [7, 11) is 0. The maximum Gasteiger partial charge on any atom is 0.251 e. The van der Waals surface area contributed by atoms with E-state index in [0.29, 0.717) is 34.4 Å². The predicted octanol–water partition coefficient (Wildman–Crippen LogP) is 3.78. The molecule has 2 rings (SSSR count). The number of nitrogens with zero attached hydrogens (tertiary/aromatic N) is 1. The summed E-state index contributed by atoms with van der Waals surface area (Å²) >= 11 is 11.9. The van der Waals surface area contributed by atoms with Gasteiger partial charge in [0.25, 0.3) is 5.91 Å². The number of nitrogens with one attached hydrogen (secondary N) is 1. The van der Waals surface area contributed by atoms with Crippen LogP contribution in [0.4, 0.5) is 5.69 Å². The van der Waals surface area contributed by atoms with Crippen molar-refractivity contribution in [3.05, 3.63) is 64.1 Å². The largest absolute Gasteiger partial charge is 0.350 e. The first kappa shape index (κ1) is 17.3. The van der Waals surface area contributed by atoms with E-state index in [1.807, 2.05) is 6.07 Å². The molecule has 120 valence electrons. The van der Waals surface area contributed by atoms with Crippen LogP contribution in [0.15, 0.2) is 48.5 Å². The molecule has 6 heteroatoms. The number of halogens is 2. The Balaban J connectivity index is 1.97. The van der Waals surface area contributed by atoms with Crippen molar-refractivity contribution in [1.29, 1.82) is 0 Å². The monoisotopic (exact) mass is 350 g/mol. The van der Waals surface area contributed by atoms with Crippen LogP contribution in [0.25, 0.3) is 0 Å². The average molecular weight is 351 g/mol. The molecule has 0 atom stereocenters. The average Bonchev–Trinajstić information content (AvgIpc) is 2.53. The topological polar surface area (TPSA) is 49.4 Å². The highest BCUT2D eigenvalue weighted by atomic mass is 35.5. The Hall–Kier alpha value is -2.04. The van der Waals surface area contributed by atoms with E-state index in [9.17, 15) is 9.59 Å². The van der Waals surface area contributed by atoms with Crippen molar-refractivity contribution in [3.63, 3.8) is 0 Å². The summed E-state index contributed by atoms with van der Waals surface area (Å²) in [5, 5.41) is 3.84. The summed E-state index contributed by atoms with van der Waals surface area (Å²) in [6, 6.07) is 13.7. The lowest BCUT2D eigenvalue weighted by Gasteiger charge is -2.22. The highest BCUT2D eigenvalue weighted by Gasteiger charge is 2.14. The number of carbonyl (C=O) groups excluding carboxylic acids is 2. The zero-order chi connectivity index (χ0) is 16.8. The summed E-state index contributed by atoms with van der Waals surface area (Å²) in [6.07, 6.45) is 0. The van der Waals surface area contributed by atoms with E-state index in [4.69, 9.17) is 23.2 Å². The van der Waals surface area contributed by atoms with E-state index in [2.05, 4.69) is 5.32 Å². The molecule has 0 fully saturated rings. The van der Waals surface area contributed by atoms with Crippen LogP contribution in [0, 0.1) is 0 Å². The van der Waals surface area contributed by atoms with E-state index in [1.54, 1.807) is 42.5 Å². The van der Waals surface area contributed by atoms with E-state index in [1.165, 1.54) is 11.8 Å². The molecule has 0 bridgehead atoms. The Labute approximate surface area is 145 Å². The second-order valence-corrected chi connectivity index (χ2v) is 5.73. The van der Waals surface area contributed by atoms with Gasteiger partial charge in [-0.2, -0.15) is 0 Å². The molecule has 0 spiro atoms. The highest BCUT2D eigenvalue weighted by molar-refractivity contribution is 6.33. The van der Waals surface area contributed by atoms with Crippen LogP contribution in [0.5, 0.6) is 0 Å². The minimum Gasteiger partial charge on any atom is -0.350 e. The molecule has 2 aromatic carbocycles. The number of carbonyl (C=O) groups is 2. The second-order valence-electron chi connectivity index (χ2n) is 4.88. The van der Waals surface area contributed by atoms with Crippen LogP contribution in [0.3, 0.4) is 0 Å². The zero-order valence-electron chi connectivity index (χ0n) is 12.6. The van der Waals surface area contributed by atoms with Crippen LogP contribution >= 0.6 is 23.2 Å². The maximum absolute atomic E-state index is 12.0. The summed E-state index contributed by atoms with van der Waals surface area (Å²) in [5.41, 5.74) is 1.14. The minimum absolute atomic E-state index is 0.140. The van der Waals surface area contributed by atoms with Crippen molar-refractivity contribution < 1.29 is 9.59 Å². The first-order valence-corrected chi connectivity index (χ1v) is 7.81. The Kier molecular flexibility index (Phi) is 6.02. The van der Waals surface area contributed by atoms with Gasteiger partial charge in [0.2, 0.25) is 5.91 Å². The summed E-state index contributed by atoms with van der Waals surface area (Å²) < 4.78 is 0. The number of rotatable bonds is 5. The molecule has 2 amide bonds. The van der Waals surface area contributed by atoms with Gasteiger partial charge in [-0.25, -0.2) is 0 Å². The molecule has 0 unspecified atom stereocenters. The molecule has 1 N–H and O–H groups in total. The molecule has 0 aliphatic rings. The van der Waals surface area contributed by atoms with Crippen molar-refractivity contribution in [3.8, 4) is 0 Å². The number of anilines is 1. The van der Waals surface area contributed by atoms with Gasteiger partial charge in [0, 0.05) is 30.6 Å². The Bertz CT molecular complexity index is 702. The third-order valence-corrected chi connectivity index (χ3v) is 3.82. The molecule has 23 heavy (non-hydrogen) atoms. The minimum atomic E-state index is -0.218. The fourth-order valence-electron chi connectivity index (χ4n) is 2.10. The van der Waals surface area contributed by atoms with Gasteiger partial charge in [-0.3, -0.25) is 9.59 Å². The molecule has 0 aromatic heterocycles. The third-order valence-electron chi connectivity index (χ3n) is 3.25. The molecule has 0 saturated heterocycles. The fraction of sp³-hybridized carbons (Fsp3) is 0.176. The lowest BCUT2D eigenvalue weighted by Crippen LogP contribution is -2.37. The van der Waals surface area contributed by atoms with Crippen LogP contribution in [0.1, 0.15) is 17.3 Å². The molecule has 2 aromatic rings. The van der Waals surface area contributed by atoms with Crippen molar-refractivity contribution >= 4 is 40.7 Å². The Morgan fingerprint density at radius 2 is 1.70 bits per heavy atom. The first-order valence-electron chi connectivity index (χ1n) is 7.05. The summed E-state index contributed by atoms with van der Waals surface area (Å²) in [5.74, 6) is -0.358. The van der Waals surface area contributed by atoms with Gasteiger partial charge in [0.1, 0.15) is 0 Å². The van der Waals surface area contributed by atoms with Crippen LogP contribution in [0.2, 0.25) is 10.0 Å². The Morgan fingerprint density at radius 3 is 2.30 bits per heavy atom. The maximum atomic E-state index is 12.0. The highest BCUT2D eigenvalue weighted by Crippen LogP contribution is 2.24. The quantitative estimate of drug-likeness (QED) is 0.891. The van der Waals surface area contributed by atoms with Gasteiger partial charge in [-0.1, -0.05) is 35.3 Å². The van der Waals surface area contributed by atoms with Crippen LogP contribution in [-0.2, 0) is 4.79 Å². The van der Waals surface area contributed by atoms with Gasteiger partial charge >= 0.3 is 0 Å². The van der Waals surface area contributed by atoms with Crippen molar-refractivity contribution in [2.45, 2.75) is 6.92 Å². The smallest absolute Gasteiger partial charge is 0.251 e. The standard InChI is InChI=1S/C17H16Cl2N2O2/c1-12(22)21(16-5-3-2-4-15(16)19)11-10-20-17(23)13-6-8-14(18)9-7-13/h2-9H,10-11H2,1H3,(H,20,23). The first-order chi connectivity index (χ1) is 11.0. The van der Waals surface area contributed by atoms with Gasteiger partial charge in [-0.15, -0.1) is 0 Å². The molecular weight excluding hydrogens is 335 g/mol. The summed E-state index contributed by atoms with van der Waals surface area (Å²) in [6.45, 7) is 2.11. The fourth-order valence-corrected chi connectivity index (χ4v) is 2.47. The molecule has 0 aliphatic carbocycles. The predicted molar refractivity (Wildman–Crippen MR) is 93.3 cm³/mol. The van der Waals surface area contributed by atoms with Crippen molar-refractivity contribution in [2.75, 3.05) is 18.0 Å². The number of para-hydroxylation sites is 1. The SMILES string of the molecule is CC(=O)N(CCNC(=O)c1ccc(Cl)cc1)c1ccccc1Cl. The van der Waals surface area contributed by atoms with E-state index >= 15 is 0 Å². The lowest BCUT2D eigenvalue weighted by atomic mass is 10.2. The Morgan fingerprint density at radius 1 is 1.04 bits per heavy atom. The molecule has 4 nitrogen and oxygen atoms in total. The van der Waals surface area contributed by atoms with E-state index in [-0.39, 0.29) is 11.8 Å². The van der Waals surface area contributed by atoms with Crippen LogP contribution < -0.4 is 10.2 Å². The van der Waals surface area contributed by atoms with Gasteiger partial charge < -0.3 is 10.2 Å². The summed E-state index contributed by atoms with van der Waals surface area (Å²) in [4.78, 5) is 25.4. The number of hydrogen-bond acceptors (Lipinski definition) is 2. The normalized spacial score (nSPS) is 10.2. The third kappa shape index (κ3) is 4.71. The van der Waals surface area contributed by atoms with E-state index < -0.39 is 0 Å². The van der Waals surface area contributed by atoms with E-state index in [0.717, 1.165) is 0 Å². The number of hydrogen-bond donors (Lipinski definition) is 1. The van der Waals surface area contributed by atoms with Gasteiger partial charge in [0.15, 0.2) is 0 Å². The zero-order valence-corrected chi connectivity index (χ0v) is 14.1. The van der Waals surface area contributed by atoms with Gasteiger partial charge in [-0.05, 0) is 36.4 Å². The second kappa shape index (κ2) is 7.99. The molecular formula is C17H16Cl2N2O2. The number of benzene rings is 2. The molecule has 0 aliphatic heterocycles. The van der Waals surface area contributed by atoms with Crippen molar-refractivity contribution in [2.24, 2.45) is 0 Å².